The molecule has 1 aliphatic heterocycles. The summed E-state index contributed by atoms with van der Waals surface area (Å²) in [5, 5.41) is 12.6. The van der Waals surface area contributed by atoms with E-state index in [2.05, 4.69) is 52.5 Å². The Hall–Kier alpha value is -2.42. The Morgan fingerprint density at radius 2 is 1.92 bits per heavy atom. The van der Waals surface area contributed by atoms with Crippen LogP contribution in [0.25, 0.3) is 0 Å². The predicted octanol–water partition coefficient (Wildman–Crippen LogP) is 3.29. The lowest BCUT2D eigenvalue weighted by Gasteiger charge is -2.36. The average molecular weight is 350 g/mol. The molecule has 1 aliphatic rings. The van der Waals surface area contributed by atoms with E-state index in [0.29, 0.717) is 11.6 Å². The van der Waals surface area contributed by atoms with Crippen LogP contribution in [0.1, 0.15) is 37.0 Å². The van der Waals surface area contributed by atoms with Crippen molar-refractivity contribution in [3.8, 4) is 6.07 Å². The van der Waals surface area contributed by atoms with Crippen molar-refractivity contribution in [1.29, 1.82) is 5.26 Å². The van der Waals surface area contributed by atoms with Crippen LogP contribution in [0.15, 0.2) is 48.7 Å². The van der Waals surface area contributed by atoms with E-state index in [1.807, 2.05) is 18.2 Å². The molecule has 1 aromatic heterocycles. The van der Waals surface area contributed by atoms with Gasteiger partial charge in [-0.05, 0) is 37.5 Å². The highest BCUT2D eigenvalue weighted by Gasteiger charge is 2.25. The number of aromatic nitrogens is 1. The molecule has 0 unspecified atom stereocenters. The molecule has 3 rings (SSSR count). The number of ether oxygens (including phenoxy) is 1. The standard InChI is InChI=1S/C21H26N4O/c1-16(21(26-2)18-6-4-3-5-7-18)24-19-10-12-25(13-11-19)20-9-8-17(14-22)15-23-20/h3-9,15-16,19,21,24H,10-13H2,1-2H3/t16-,21-/m1/s1. The van der Waals surface area contributed by atoms with E-state index in [-0.39, 0.29) is 12.1 Å². The van der Waals surface area contributed by atoms with E-state index < -0.39 is 0 Å². The lowest BCUT2D eigenvalue weighted by atomic mass is 9.99. The minimum absolute atomic E-state index is 0.0504. The van der Waals surface area contributed by atoms with Gasteiger partial charge in [0.25, 0.3) is 0 Å². The smallest absolute Gasteiger partial charge is 0.128 e. The van der Waals surface area contributed by atoms with Crippen LogP contribution in [0.5, 0.6) is 0 Å². The molecule has 26 heavy (non-hydrogen) atoms. The topological polar surface area (TPSA) is 61.2 Å². The van der Waals surface area contributed by atoms with Gasteiger partial charge in [0, 0.05) is 38.5 Å². The van der Waals surface area contributed by atoms with Crippen molar-refractivity contribution in [2.45, 2.75) is 38.0 Å². The van der Waals surface area contributed by atoms with Crippen molar-refractivity contribution in [2.75, 3.05) is 25.1 Å². The fourth-order valence-electron chi connectivity index (χ4n) is 3.65. The number of hydrogen-bond acceptors (Lipinski definition) is 5. The summed E-state index contributed by atoms with van der Waals surface area (Å²) < 4.78 is 5.74. The molecule has 2 atom stereocenters. The first kappa shape index (κ1) is 18.4. The second-order valence-electron chi connectivity index (χ2n) is 6.80. The Morgan fingerprint density at radius 3 is 2.50 bits per heavy atom. The van der Waals surface area contributed by atoms with E-state index in [9.17, 15) is 0 Å². The van der Waals surface area contributed by atoms with Crippen molar-refractivity contribution in [1.82, 2.24) is 10.3 Å². The van der Waals surface area contributed by atoms with E-state index in [1.54, 1.807) is 13.3 Å². The highest BCUT2D eigenvalue weighted by molar-refractivity contribution is 5.42. The fourth-order valence-corrected chi connectivity index (χ4v) is 3.65. The van der Waals surface area contributed by atoms with Crippen LogP contribution >= 0.6 is 0 Å². The summed E-state index contributed by atoms with van der Waals surface area (Å²) in [4.78, 5) is 6.69. The Balaban J connectivity index is 1.53. The molecule has 1 N–H and O–H groups in total. The molecule has 0 spiro atoms. The summed E-state index contributed by atoms with van der Waals surface area (Å²) in [5.41, 5.74) is 1.81. The molecular formula is C21H26N4O. The molecular weight excluding hydrogens is 324 g/mol. The van der Waals surface area contributed by atoms with Gasteiger partial charge in [-0.1, -0.05) is 30.3 Å². The van der Waals surface area contributed by atoms with Crippen LogP contribution in [-0.4, -0.2) is 37.3 Å². The zero-order valence-corrected chi connectivity index (χ0v) is 15.4. The molecule has 0 aliphatic carbocycles. The van der Waals surface area contributed by atoms with Gasteiger partial charge < -0.3 is 15.0 Å². The molecule has 0 saturated carbocycles. The predicted molar refractivity (Wildman–Crippen MR) is 103 cm³/mol. The Bertz CT molecular complexity index is 718. The zero-order chi connectivity index (χ0) is 18.4. The maximum Gasteiger partial charge on any atom is 0.128 e. The summed E-state index contributed by atoms with van der Waals surface area (Å²) >= 11 is 0. The van der Waals surface area contributed by atoms with Gasteiger partial charge in [-0.2, -0.15) is 5.26 Å². The number of hydrogen-bond donors (Lipinski definition) is 1. The van der Waals surface area contributed by atoms with E-state index in [4.69, 9.17) is 10.00 Å². The number of benzene rings is 1. The summed E-state index contributed by atoms with van der Waals surface area (Å²) in [7, 11) is 1.77. The number of nitriles is 1. The number of nitrogens with zero attached hydrogens (tertiary/aromatic N) is 3. The molecule has 5 nitrogen and oxygen atoms in total. The summed E-state index contributed by atoms with van der Waals surface area (Å²) in [5.74, 6) is 0.953. The van der Waals surface area contributed by atoms with Crippen LogP contribution in [0, 0.1) is 11.3 Å². The Labute approximate surface area is 155 Å². The molecule has 0 radical (unpaired) electrons. The van der Waals surface area contributed by atoms with Crippen LogP contribution in [0.4, 0.5) is 5.82 Å². The lowest BCUT2D eigenvalue weighted by molar-refractivity contribution is 0.0680. The molecule has 1 fully saturated rings. The van der Waals surface area contributed by atoms with Gasteiger partial charge in [0.2, 0.25) is 0 Å². The first-order valence-electron chi connectivity index (χ1n) is 9.16. The Kier molecular flexibility index (Phi) is 6.21. The minimum atomic E-state index is 0.0504. The third kappa shape index (κ3) is 4.40. The van der Waals surface area contributed by atoms with Gasteiger partial charge in [-0.3, -0.25) is 0 Å². The van der Waals surface area contributed by atoms with Gasteiger partial charge >= 0.3 is 0 Å². The number of nitrogens with one attached hydrogen (secondary N) is 1. The SMILES string of the molecule is CO[C@@H](c1ccccc1)[C@@H](C)NC1CCN(c2ccc(C#N)cn2)CC1. The lowest BCUT2D eigenvalue weighted by Crippen LogP contribution is -2.47. The summed E-state index contributed by atoms with van der Waals surface area (Å²) in [6.45, 7) is 4.12. The third-order valence-electron chi connectivity index (χ3n) is 5.03. The third-order valence-corrected chi connectivity index (χ3v) is 5.03. The van der Waals surface area contributed by atoms with E-state index >= 15 is 0 Å². The number of piperidine rings is 1. The van der Waals surface area contributed by atoms with Crippen LogP contribution in [-0.2, 0) is 4.74 Å². The molecule has 2 aromatic rings. The molecule has 5 heteroatoms. The first-order valence-corrected chi connectivity index (χ1v) is 9.16. The van der Waals surface area contributed by atoms with Crippen LogP contribution in [0.2, 0.25) is 0 Å². The largest absolute Gasteiger partial charge is 0.375 e. The number of rotatable bonds is 6. The van der Waals surface area contributed by atoms with Crippen molar-refractivity contribution in [3.63, 3.8) is 0 Å². The fraction of sp³-hybridized carbons (Fsp3) is 0.429. The minimum Gasteiger partial charge on any atom is -0.375 e. The van der Waals surface area contributed by atoms with Crippen molar-refractivity contribution >= 4 is 5.82 Å². The summed E-state index contributed by atoms with van der Waals surface area (Å²) in [6, 6.07) is 17.0. The van der Waals surface area contributed by atoms with E-state index in [0.717, 1.165) is 31.7 Å². The highest BCUT2D eigenvalue weighted by Crippen LogP contribution is 2.23. The molecule has 1 aromatic carbocycles. The quantitative estimate of drug-likeness (QED) is 0.866. The Morgan fingerprint density at radius 1 is 1.19 bits per heavy atom. The second kappa shape index (κ2) is 8.79. The zero-order valence-electron chi connectivity index (χ0n) is 15.4. The van der Waals surface area contributed by atoms with Crippen LogP contribution < -0.4 is 10.2 Å². The van der Waals surface area contributed by atoms with Crippen LogP contribution in [0.3, 0.4) is 0 Å². The maximum atomic E-state index is 8.88. The highest BCUT2D eigenvalue weighted by atomic mass is 16.5. The molecule has 0 amide bonds. The normalized spacial score (nSPS) is 17.5. The first-order chi connectivity index (χ1) is 12.7. The molecule has 2 heterocycles. The van der Waals surface area contributed by atoms with Gasteiger partial charge in [0.05, 0.1) is 11.7 Å². The number of anilines is 1. The monoisotopic (exact) mass is 350 g/mol. The molecule has 0 bridgehead atoms. The van der Waals surface area contributed by atoms with E-state index in [1.165, 1.54) is 5.56 Å². The van der Waals surface area contributed by atoms with Crippen molar-refractivity contribution in [2.24, 2.45) is 0 Å². The van der Waals surface area contributed by atoms with Gasteiger partial charge in [-0.15, -0.1) is 0 Å². The van der Waals surface area contributed by atoms with Gasteiger partial charge in [-0.25, -0.2) is 4.98 Å². The molecule has 1 saturated heterocycles. The van der Waals surface area contributed by atoms with Gasteiger partial charge in [0.1, 0.15) is 11.9 Å². The van der Waals surface area contributed by atoms with Crippen molar-refractivity contribution in [3.05, 3.63) is 59.8 Å². The second-order valence-corrected chi connectivity index (χ2v) is 6.80. The number of pyridine rings is 1. The van der Waals surface area contributed by atoms with Gasteiger partial charge in [0.15, 0.2) is 0 Å². The molecule has 136 valence electrons. The number of methoxy groups -OCH3 is 1. The average Bonchev–Trinajstić information content (AvgIpc) is 2.70. The summed E-state index contributed by atoms with van der Waals surface area (Å²) in [6.07, 6.45) is 3.83. The van der Waals surface area contributed by atoms with Crippen molar-refractivity contribution < 1.29 is 4.74 Å². The maximum absolute atomic E-state index is 8.88.